The highest BCUT2D eigenvalue weighted by molar-refractivity contribution is 8.18. The lowest BCUT2D eigenvalue weighted by Gasteiger charge is -2.13. The highest BCUT2D eigenvalue weighted by atomic mass is 35.5. The second kappa shape index (κ2) is 9.40. The number of nitrogens with zero attached hydrogens (tertiary/aromatic N) is 1. The Morgan fingerprint density at radius 2 is 1.77 bits per heavy atom. The number of amides is 2. The van der Waals surface area contributed by atoms with E-state index in [1.54, 1.807) is 54.6 Å². The van der Waals surface area contributed by atoms with Crippen molar-refractivity contribution in [2.75, 3.05) is 13.2 Å². The molecule has 1 fully saturated rings. The molecule has 1 aliphatic rings. The van der Waals surface area contributed by atoms with Gasteiger partial charge in [0, 0.05) is 16.7 Å². The van der Waals surface area contributed by atoms with Crippen LogP contribution in [0.15, 0.2) is 63.9 Å². The van der Waals surface area contributed by atoms with Crippen LogP contribution in [0.1, 0.15) is 5.76 Å². The molecule has 31 heavy (non-hydrogen) atoms. The predicted molar refractivity (Wildman–Crippen MR) is 124 cm³/mol. The van der Waals surface area contributed by atoms with Gasteiger partial charge >= 0.3 is 0 Å². The topological polar surface area (TPSA) is 59.8 Å². The third kappa shape index (κ3) is 4.93. The molecule has 0 aliphatic carbocycles. The van der Waals surface area contributed by atoms with Crippen molar-refractivity contribution in [1.29, 1.82) is 0 Å². The molecule has 0 saturated carbocycles. The van der Waals surface area contributed by atoms with E-state index in [4.69, 9.17) is 44.0 Å². The average molecular weight is 495 g/mol. The Hall–Kier alpha value is -2.38. The summed E-state index contributed by atoms with van der Waals surface area (Å²) in [5, 5.41) is 1.04. The molecule has 158 valence electrons. The Morgan fingerprint density at radius 1 is 1.00 bits per heavy atom. The molecule has 0 radical (unpaired) electrons. The van der Waals surface area contributed by atoms with E-state index in [1.165, 1.54) is 6.08 Å². The van der Waals surface area contributed by atoms with Gasteiger partial charge in [-0.05, 0) is 60.3 Å². The summed E-state index contributed by atoms with van der Waals surface area (Å²) in [6, 6.07) is 15.5. The summed E-state index contributed by atoms with van der Waals surface area (Å²) in [5.41, 5.74) is 0.640. The van der Waals surface area contributed by atoms with Gasteiger partial charge in [0.25, 0.3) is 11.1 Å². The number of benzene rings is 2. The number of imide groups is 1. The van der Waals surface area contributed by atoms with Gasteiger partial charge in [-0.25, -0.2) is 0 Å². The highest BCUT2D eigenvalue weighted by Crippen LogP contribution is 2.36. The van der Waals surface area contributed by atoms with E-state index in [1.807, 2.05) is 0 Å². The zero-order valence-corrected chi connectivity index (χ0v) is 18.9. The maximum Gasteiger partial charge on any atom is 0.293 e. The zero-order chi connectivity index (χ0) is 22.0. The molecule has 3 aromatic rings. The van der Waals surface area contributed by atoms with Crippen molar-refractivity contribution in [2.45, 2.75) is 0 Å². The molecule has 0 bridgehead atoms. The lowest BCUT2D eigenvalue weighted by Crippen LogP contribution is -2.32. The van der Waals surface area contributed by atoms with Gasteiger partial charge in [-0.15, -0.1) is 0 Å². The molecule has 5 nitrogen and oxygen atoms in total. The summed E-state index contributed by atoms with van der Waals surface area (Å²) >= 11 is 19.0. The fourth-order valence-electron chi connectivity index (χ4n) is 2.88. The van der Waals surface area contributed by atoms with Gasteiger partial charge < -0.3 is 9.15 Å². The zero-order valence-electron chi connectivity index (χ0n) is 15.8. The number of hydrogen-bond donors (Lipinski definition) is 0. The van der Waals surface area contributed by atoms with Crippen molar-refractivity contribution in [3.63, 3.8) is 0 Å². The SMILES string of the molecule is O=C1S/C(=C\c2ccc(-c3cccc(Cl)c3Cl)o2)C(=O)N1CCOc1ccc(Cl)cc1. The van der Waals surface area contributed by atoms with E-state index in [0.29, 0.717) is 37.9 Å². The van der Waals surface area contributed by atoms with Crippen LogP contribution < -0.4 is 4.74 Å². The van der Waals surface area contributed by atoms with Gasteiger partial charge in [0.2, 0.25) is 0 Å². The molecule has 0 atom stereocenters. The summed E-state index contributed by atoms with van der Waals surface area (Å²) in [6.07, 6.45) is 1.53. The molecule has 1 saturated heterocycles. The van der Waals surface area contributed by atoms with Crippen molar-refractivity contribution in [3.8, 4) is 17.1 Å². The van der Waals surface area contributed by atoms with Crippen LogP contribution in [-0.4, -0.2) is 29.2 Å². The average Bonchev–Trinajstić information content (AvgIpc) is 3.31. The number of rotatable bonds is 6. The Morgan fingerprint density at radius 3 is 2.55 bits per heavy atom. The van der Waals surface area contributed by atoms with Gasteiger partial charge in [0.05, 0.1) is 21.5 Å². The number of carbonyl (C=O) groups is 2. The van der Waals surface area contributed by atoms with Crippen LogP contribution in [0.4, 0.5) is 4.79 Å². The maximum atomic E-state index is 12.6. The fraction of sp³-hybridized carbons (Fsp3) is 0.0909. The summed E-state index contributed by atoms with van der Waals surface area (Å²) in [5.74, 6) is 1.14. The summed E-state index contributed by atoms with van der Waals surface area (Å²) in [6.45, 7) is 0.303. The molecule has 1 aliphatic heterocycles. The number of halogens is 3. The Kier molecular flexibility index (Phi) is 6.62. The Balaban J connectivity index is 1.43. The maximum absolute atomic E-state index is 12.6. The lowest BCUT2D eigenvalue weighted by molar-refractivity contribution is -0.123. The predicted octanol–water partition coefficient (Wildman–Crippen LogP) is 7.02. The lowest BCUT2D eigenvalue weighted by atomic mass is 10.2. The van der Waals surface area contributed by atoms with Gasteiger partial charge in [-0.3, -0.25) is 14.5 Å². The van der Waals surface area contributed by atoms with Gasteiger partial charge in [-0.1, -0.05) is 40.9 Å². The second-order valence-electron chi connectivity index (χ2n) is 6.44. The first-order chi connectivity index (χ1) is 14.9. The van der Waals surface area contributed by atoms with Crippen LogP contribution in [0.2, 0.25) is 15.1 Å². The van der Waals surface area contributed by atoms with Gasteiger partial charge in [0.15, 0.2) is 0 Å². The Bertz CT molecular complexity index is 1170. The standard InChI is InChI=1S/C22H14Cl3NO4S/c23-13-4-6-14(7-5-13)29-11-10-26-21(27)19(31-22(26)28)12-15-8-9-18(30-15)16-2-1-3-17(24)20(16)25/h1-9,12H,10-11H2/b19-12-. The largest absolute Gasteiger partial charge is 0.492 e. The van der Waals surface area contributed by atoms with E-state index in [0.717, 1.165) is 16.7 Å². The second-order valence-corrected chi connectivity index (χ2v) is 8.65. The van der Waals surface area contributed by atoms with E-state index in [2.05, 4.69) is 0 Å². The van der Waals surface area contributed by atoms with Crippen LogP contribution in [-0.2, 0) is 4.79 Å². The molecule has 1 aromatic heterocycles. The third-order valence-corrected chi connectivity index (χ3v) is 6.37. The Labute approximate surface area is 197 Å². The normalized spacial score (nSPS) is 15.2. The summed E-state index contributed by atoms with van der Waals surface area (Å²) in [4.78, 5) is 26.3. The monoisotopic (exact) mass is 493 g/mol. The van der Waals surface area contributed by atoms with Gasteiger partial charge in [-0.2, -0.15) is 0 Å². The summed E-state index contributed by atoms with van der Waals surface area (Å²) in [7, 11) is 0. The first-order valence-corrected chi connectivity index (χ1v) is 11.1. The fourth-order valence-corrected chi connectivity index (χ4v) is 4.24. The van der Waals surface area contributed by atoms with Crippen LogP contribution in [0.5, 0.6) is 5.75 Å². The molecule has 2 heterocycles. The molecule has 9 heteroatoms. The number of furan rings is 1. The molecule has 0 spiro atoms. The number of carbonyl (C=O) groups excluding carboxylic acids is 2. The van der Waals surface area contributed by atoms with E-state index >= 15 is 0 Å². The van der Waals surface area contributed by atoms with Crippen LogP contribution >= 0.6 is 46.6 Å². The van der Waals surface area contributed by atoms with Crippen LogP contribution in [0.3, 0.4) is 0 Å². The molecule has 4 rings (SSSR count). The van der Waals surface area contributed by atoms with Gasteiger partial charge in [0.1, 0.15) is 23.9 Å². The molecule has 2 amide bonds. The molecular formula is C22H14Cl3NO4S. The number of hydrogen-bond acceptors (Lipinski definition) is 5. The highest BCUT2D eigenvalue weighted by Gasteiger charge is 2.35. The van der Waals surface area contributed by atoms with E-state index in [-0.39, 0.29) is 23.3 Å². The van der Waals surface area contributed by atoms with Crippen molar-refractivity contribution >= 4 is 63.8 Å². The van der Waals surface area contributed by atoms with Crippen LogP contribution in [0.25, 0.3) is 17.4 Å². The number of thioether (sulfide) groups is 1. The minimum Gasteiger partial charge on any atom is -0.492 e. The minimum atomic E-state index is -0.395. The molecule has 0 N–H and O–H groups in total. The van der Waals surface area contributed by atoms with Crippen molar-refractivity contribution in [2.24, 2.45) is 0 Å². The van der Waals surface area contributed by atoms with E-state index < -0.39 is 5.91 Å². The first-order valence-electron chi connectivity index (χ1n) is 9.10. The molecule has 2 aromatic carbocycles. The van der Waals surface area contributed by atoms with E-state index in [9.17, 15) is 9.59 Å². The molecule has 0 unspecified atom stereocenters. The quantitative estimate of drug-likeness (QED) is 0.345. The number of ether oxygens (including phenoxy) is 1. The third-order valence-electron chi connectivity index (χ3n) is 4.39. The van der Waals surface area contributed by atoms with Crippen molar-refractivity contribution in [1.82, 2.24) is 4.90 Å². The van der Waals surface area contributed by atoms with Crippen molar-refractivity contribution < 1.29 is 18.7 Å². The minimum absolute atomic E-state index is 0.131. The first kappa shape index (κ1) is 21.8. The summed E-state index contributed by atoms with van der Waals surface area (Å²) < 4.78 is 11.4. The molecular weight excluding hydrogens is 481 g/mol. The van der Waals surface area contributed by atoms with Crippen LogP contribution in [0, 0.1) is 0 Å². The van der Waals surface area contributed by atoms with Crippen molar-refractivity contribution in [3.05, 3.63) is 80.3 Å². The smallest absolute Gasteiger partial charge is 0.293 e.